The van der Waals surface area contributed by atoms with E-state index in [0.29, 0.717) is 24.4 Å². The number of hydrogen-bond acceptors (Lipinski definition) is 2. The minimum atomic E-state index is 0.0350. The fourth-order valence-electron chi connectivity index (χ4n) is 0.869. The topological polar surface area (TPSA) is 55.1 Å². The molecule has 0 saturated carbocycles. The van der Waals surface area contributed by atoms with Gasteiger partial charge in [0, 0.05) is 19.4 Å². The van der Waals surface area contributed by atoms with Crippen LogP contribution in [0.25, 0.3) is 0 Å². The van der Waals surface area contributed by atoms with Gasteiger partial charge in [0.2, 0.25) is 5.91 Å². The molecule has 0 aliphatic carbocycles. The van der Waals surface area contributed by atoms with Crippen LogP contribution in [0, 0.1) is 5.41 Å². The summed E-state index contributed by atoms with van der Waals surface area (Å²) in [5.74, 6) is 0.0590. The average molecular weight is 202 g/mol. The monoisotopic (exact) mass is 202 g/mol. The van der Waals surface area contributed by atoms with Crippen molar-refractivity contribution in [3.05, 3.63) is 0 Å². The summed E-state index contributed by atoms with van der Waals surface area (Å²) in [7, 11) is 0. The number of thiocarbonyl (C=S) groups is 1. The fraction of sp³-hybridized carbons (Fsp3) is 0.778. The van der Waals surface area contributed by atoms with Crippen molar-refractivity contribution in [3.63, 3.8) is 0 Å². The third-order valence-electron chi connectivity index (χ3n) is 1.38. The molecule has 0 atom stereocenters. The van der Waals surface area contributed by atoms with E-state index in [1.54, 1.807) is 0 Å². The highest BCUT2D eigenvalue weighted by atomic mass is 32.1. The van der Waals surface area contributed by atoms with Crippen LogP contribution in [0.15, 0.2) is 0 Å². The molecule has 0 unspecified atom stereocenters. The van der Waals surface area contributed by atoms with Gasteiger partial charge in [-0.2, -0.15) is 0 Å². The predicted octanol–water partition coefficient (Wildman–Crippen LogP) is 1.22. The van der Waals surface area contributed by atoms with Crippen LogP contribution in [0.2, 0.25) is 0 Å². The summed E-state index contributed by atoms with van der Waals surface area (Å²) in [6.45, 7) is 6.63. The van der Waals surface area contributed by atoms with Crippen molar-refractivity contribution >= 4 is 23.1 Å². The van der Waals surface area contributed by atoms with E-state index in [2.05, 4.69) is 17.5 Å². The Labute approximate surface area is 85.1 Å². The van der Waals surface area contributed by atoms with Gasteiger partial charge in [0.05, 0.1) is 4.99 Å². The second-order valence-electron chi connectivity index (χ2n) is 4.30. The molecule has 0 bridgehead atoms. The number of carbonyl (C=O) groups is 1. The van der Waals surface area contributed by atoms with Crippen molar-refractivity contribution < 1.29 is 4.79 Å². The Kier molecular flexibility index (Phi) is 4.91. The summed E-state index contributed by atoms with van der Waals surface area (Å²) in [5, 5.41) is 2.76. The van der Waals surface area contributed by atoms with Gasteiger partial charge in [-0.3, -0.25) is 4.79 Å². The molecule has 0 aliphatic heterocycles. The maximum Gasteiger partial charge on any atom is 0.220 e. The Bertz CT molecular complexity index is 196. The van der Waals surface area contributed by atoms with E-state index in [1.165, 1.54) is 0 Å². The Hall–Kier alpha value is -0.640. The molecule has 1 amide bonds. The van der Waals surface area contributed by atoms with E-state index in [9.17, 15) is 4.79 Å². The van der Waals surface area contributed by atoms with Gasteiger partial charge >= 0.3 is 0 Å². The van der Waals surface area contributed by atoms with Gasteiger partial charge in [-0.25, -0.2) is 0 Å². The maximum absolute atomic E-state index is 11.2. The van der Waals surface area contributed by atoms with E-state index < -0.39 is 0 Å². The number of nitrogens with two attached hydrogens (primary N) is 1. The first-order valence-corrected chi connectivity index (χ1v) is 4.77. The molecule has 0 aromatic rings. The van der Waals surface area contributed by atoms with Crippen LogP contribution >= 0.6 is 12.2 Å². The summed E-state index contributed by atoms with van der Waals surface area (Å²) >= 11 is 4.68. The molecule has 0 rings (SSSR count). The number of amides is 1. The molecular formula is C9H18N2OS. The molecule has 0 spiro atoms. The van der Waals surface area contributed by atoms with E-state index in [4.69, 9.17) is 5.73 Å². The average Bonchev–Trinajstić information content (AvgIpc) is 1.81. The molecule has 0 aromatic heterocycles. The summed E-state index contributed by atoms with van der Waals surface area (Å²) < 4.78 is 0. The first kappa shape index (κ1) is 12.4. The lowest BCUT2D eigenvalue weighted by Gasteiger charge is -2.17. The smallest absolute Gasteiger partial charge is 0.220 e. The van der Waals surface area contributed by atoms with Crippen LogP contribution < -0.4 is 11.1 Å². The van der Waals surface area contributed by atoms with Gasteiger partial charge in [-0.05, 0) is 5.41 Å². The molecule has 0 radical (unpaired) electrons. The summed E-state index contributed by atoms with van der Waals surface area (Å²) in [5.41, 5.74) is 5.32. The van der Waals surface area contributed by atoms with Crippen molar-refractivity contribution in [1.29, 1.82) is 0 Å². The summed E-state index contributed by atoms with van der Waals surface area (Å²) in [4.78, 5) is 11.7. The van der Waals surface area contributed by atoms with Crippen LogP contribution in [0.1, 0.15) is 33.6 Å². The third-order valence-corrected chi connectivity index (χ3v) is 1.59. The summed E-state index contributed by atoms with van der Waals surface area (Å²) in [6, 6.07) is 0. The van der Waals surface area contributed by atoms with Crippen molar-refractivity contribution in [1.82, 2.24) is 5.32 Å². The zero-order valence-electron chi connectivity index (χ0n) is 8.52. The zero-order valence-corrected chi connectivity index (χ0v) is 9.33. The van der Waals surface area contributed by atoms with Gasteiger partial charge in [0.15, 0.2) is 0 Å². The Balaban J connectivity index is 3.59. The second kappa shape index (κ2) is 5.17. The molecule has 0 saturated heterocycles. The lowest BCUT2D eigenvalue weighted by atomic mass is 9.92. The molecule has 0 heterocycles. The lowest BCUT2D eigenvalue weighted by Crippen LogP contribution is -2.30. The highest BCUT2D eigenvalue weighted by molar-refractivity contribution is 7.80. The van der Waals surface area contributed by atoms with Crippen LogP contribution in [0.4, 0.5) is 0 Å². The minimum Gasteiger partial charge on any atom is -0.393 e. The molecule has 0 fully saturated rings. The molecule has 3 N–H and O–H groups in total. The number of carbonyl (C=O) groups excluding carboxylic acids is 1. The first-order valence-electron chi connectivity index (χ1n) is 4.36. The van der Waals surface area contributed by atoms with E-state index >= 15 is 0 Å². The second-order valence-corrected chi connectivity index (χ2v) is 4.83. The molecule has 13 heavy (non-hydrogen) atoms. The highest BCUT2D eigenvalue weighted by Gasteiger charge is 2.15. The van der Waals surface area contributed by atoms with Crippen molar-refractivity contribution in [2.75, 3.05) is 6.54 Å². The van der Waals surface area contributed by atoms with E-state index in [-0.39, 0.29) is 11.3 Å². The lowest BCUT2D eigenvalue weighted by molar-refractivity contribution is -0.122. The van der Waals surface area contributed by atoms with Crippen molar-refractivity contribution in [2.45, 2.75) is 33.6 Å². The Morgan fingerprint density at radius 1 is 1.46 bits per heavy atom. The molecule has 76 valence electrons. The highest BCUT2D eigenvalue weighted by Crippen LogP contribution is 2.17. The minimum absolute atomic E-state index is 0.0350. The third kappa shape index (κ3) is 9.27. The van der Waals surface area contributed by atoms with Gasteiger partial charge < -0.3 is 11.1 Å². The molecule has 3 nitrogen and oxygen atoms in total. The van der Waals surface area contributed by atoms with Crippen LogP contribution in [-0.2, 0) is 4.79 Å². The molecular weight excluding hydrogens is 184 g/mol. The van der Waals surface area contributed by atoms with Crippen LogP contribution in [-0.4, -0.2) is 17.4 Å². The first-order chi connectivity index (χ1) is 5.81. The van der Waals surface area contributed by atoms with Gasteiger partial charge in [0.25, 0.3) is 0 Å². The normalized spacial score (nSPS) is 11.0. The van der Waals surface area contributed by atoms with Crippen LogP contribution in [0.3, 0.4) is 0 Å². The van der Waals surface area contributed by atoms with Crippen LogP contribution in [0.5, 0.6) is 0 Å². The largest absolute Gasteiger partial charge is 0.393 e. The van der Waals surface area contributed by atoms with Gasteiger partial charge in [-0.15, -0.1) is 0 Å². The zero-order chi connectivity index (χ0) is 10.5. The molecule has 0 aliphatic rings. The fourth-order valence-corrected chi connectivity index (χ4v) is 0.971. The quantitative estimate of drug-likeness (QED) is 0.674. The SMILES string of the molecule is CC(C)(C)CC(=O)NCCC(N)=S. The van der Waals surface area contributed by atoms with Gasteiger partial charge in [-0.1, -0.05) is 33.0 Å². The Morgan fingerprint density at radius 3 is 2.38 bits per heavy atom. The standard InChI is InChI=1S/C9H18N2OS/c1-9(2,3)6-8(12)11-5-4-7(10)13/h4-6H2,1-3H3,(H2,10,13)(H,11,12). The van der Waals surface area contributed by atoms with Crippen molar-refractivity contribution in [2.24, 2.45) is 11.1 Å². The predicted molar refractivity (Wildman–Crippen MR) is 58.5 cm³/mol. The number of rotatable bonds is 4. The number of nitrogens with one attached hydrogen (secondary N) is 1. The molecule has 4 heteroatoms. The molecule has 0 aromatic carbocycles. The van der Waals surface area contributed by atoms with Gasteiger partial charge in [0.1, 0.15) is 0 Å². The Morgan fingerprint density at radius 2 is 2.00 bits per heavy atom. The van der Waals surface area contributed by atoms with Crippen molar-refractivity contribution in [3.8, 4) is 0 Å². The summed E-state index contributed by atoms with van der Waals surface area (Å²) in [6.07, 6.45) is 1.11. The van der Waals surface area contributed by atoms with E-state index in [1.807, 2.05) is 20.8 Å². The number of hydrogen-bond donors (Lipinski definition) is 2. The maximum atomic E-state index is 11.2. The van der Waals surface area contributed by atoms with E-state index in [0.717, 1.165) is 0 Å².